The Bertz CT molecular complexity index is 591. The number of amides is 1. The van der Waals surface area contributed by atoms with Gasteiger partial charge in [-0.05, 0) is 48.2 Å². The molecule has 2 rings (SSSR count). The highest BCUT2D eigenvalue weighted by Gasteiger charge is 2.02. The molecule has 0 aliphatic rings. The molecule has 0 aromatic heterocycles. The van der Waals surface area contributed by atoms with Gasteiger partial charge in [0.1, 0.15) is 5.75 Å². The topological polar surface area (TPSA) is 64.3 Å². The molecule has 3 N–H and O–H groups in total. The molecular weight excluding hydrogens is 276 g/mol. The smallest absolute Gasteiger partial charge is 0.220 e. The zero-order valence-electron chi connectivity index (χ0n) is 12.8. The van der Waals surface area contributed by atoms with Gasteiger partial charge in [-0.25, -0.2) is 0 Å². The average molecular weight is 298 g/mol. The molecule has 4 nitrogen and oxygen atoms in total. The Morgan fingerprint density at radius 2 is 1.59 bits per heavy atom. The molecule has 0 fully saturated rings. The van der Waals surface area contributed by atoms with Crippen LogP contribution in [0.1, 0.15) is 17.5 Å². The van der Waals surface area contributed by atoms with Gasteiger partial charge < -0.3 is 15.8 Å². The van der Waals surface area contributed by atoms with Crippen LogP contribution in [0, 0.1) is 0 Å². The van der Waals surface area contributed by atoms with E-state index in [9.17, 15) is 4.79 Å². The van der Waals surface area contributed by atoms with Crippen molar-refractivity contribution >= 4 is 11.6 Å². The highest BCUT2D eigenvalue weighted by atomic mass is 16.5. The molecule has 116 valence electrons. The fourth-order valence-electron chi connectivity index (χ4n) is 2.17. The van der Waals surface area contributed by atoms with Crippen LogP contribution in [0.5, 0.6) is 5.75 Å². The maximum atomic E-state index is 11.8. The number of benzene rings is 2. The van der Waals surface area contributed by atoms with Crippen LogP contribution < -0.4 is 15.8 Å². The molecule has 0 bridgehead atoms. The number of carbonyl (C=O) groups is 1. The molecule has 0 unspecified atom stereocenters. The molecule has 0 aliphatic heterocycles. The number of hydrogen-bond donors (Lipinski definition) is 2. The summed E-state index contributed by atoms with van der Waals surface area (Å²) in [6.45, 7) is 0.646. The number of nitrogen functional groups attached to an aromatic ring is 1. The van der Waals surface area contributed by atoms with Crippen molar-refractivity contribution in [2.24, 2.45) is 0 Å². The first-order valence-electron chi connectivity index (χ1n) is 7.41. The van der Waals surface area contributed by atoms with E-state index >= 15 is 0 Å². The van der Waals surface area contributed by atoms with Crippen LogP contribution in [-0.2, 0) is 17.6 Å². The largest absolute Gasteiger partial charge is 0.497 e. The van der Waals surface area contributed by atoms with Gasteiger partial charge >= 0.3 is 0 Å². The number of aryl methyl sites for hydroxylation is 1. The van der Waals surface area contributed by atoms with Gasteiger partial charge in [-0.3, -0.25) is 4.79 Å². The van der Waals surface area contributed by atoms with Gasteiger partial charge in [0.2, 0.25) is 5.91 Å². The Labute approximate surface area is 131 Å². The Balaban J connectivity index is 1.67. The third-order valence-electron chi connectivity index (χ3n) is 3.52. The molecule has 2 aromatic carbocycles. The minimum absolute atomic E-state index is 0.0744. The summed E-state index contributed by atoms with van der Waals surface area (Å²) in [5.74, 6) is 0.918. The first-order valence-corrected chi connectivity index (χ1v) is 7.41. The highest BCUT2D eigenvalue weighted by molar-refractivity contribution is 5.76. The first kappa shape index (κ1) is 15.9. The third kappa shape index (κ3) is 5.13. The molecule has 0 saturated heterocycles. The Hall–Kier alpha value is -2.49. The van der Waals surface area contributed by atoms with E-state index in [0.717, 1.165) is 29.8 Å². The van der Waals surface area contributed by atoms with Crippen molar-refractivity contribution in [2.45, 2.75) is 19.3 Å². The van der Waals surface area contributed by atoms with Crippen molar-refractivity contribution < 1.29 is 9.53 Å². The summed E-state index contributed by atoms with van der Waals surface area (Å²) in [7, 11) is 1.65. The average Bonchev–Trinajstić information content (AvgIpc) is 2.55. The van der Waals surface area contributed by atoms with E-state index in [1.165, 1.54) is 5.56 Å². The number of ether oxygens (including phenoxy) is 1. The van der Waals surface area contributed by atoms with Crippen LogP contribution in [0.4, 0.5) is 5.69 Å². The van der Waals surface area contributed by atoms with Gasteiger partial charge in [0.15, 0.2) is 0 Å². The van der Waals surface area contributed by atoms with E-state index in [2.05, 4.69) is 5.32 Å². The van der Waals surface area contributed by atoms with Crippen molar-refractivity contribution in [2.75, 3.05) is 19.4 Å². The van der Waals surface area contributed by atoms with Crippen molar-refractivity contribution in [1.82, 2.24) is 5.32 Å². The lowest BCUT2D eigenvalue weighted by Gasteiger charge is -2.06. The number of hydrogen-bond acceptors (Lipinski definition) is 3. The van der Waals surface area contributed by atoms with E-state index in [1.54, 1.807) is 7.11 Å². The fourth-order valence-corrected chi connectivity index (χ4v) is 2.17. The van der Waals surface area contributed by atoms with E-state index < -0.39 is 0 Å². The van der Waals surface area contributed by atoms with Gasteiger partial charge in [0, 0.05) is 18.7 Å². The van der Waals surface area contributed by atoms with Crippen molar-refractivity contribution in [3.8, 4) is 5.75 Å². The number of nitrogens with two attached hydrogens (primary N) is 1. The molecule has 0 saturated carbocycles. The molecule has 0 aliphatic carbocycles. The van der Waals surface area contributed by atoms with Gasteiger partial charge in [0.25, 0.3) is 0 Å². The number of nitrogens with one attached hydrogen (secondary N) is 1. The first-order chi connectivity index (χ1) is 10.7. The maximum Gasteiger partial charge on any atom is 0.220 e. The molecular formula is C18H22N2O2. The zero-order valence-corrected chi connectivity index (χ0v) is 12.8. The van der Waals surface area contributed by atoms with Crippen LogP contribution in [0.2, 0.25) is 0 Å². The highest BCUT2D eigenvalue weighted by Crippen LogP contribution is 2.11. The molecule has 0 heterocycles. The lowest BCUT2D eigenvalue weighted by molar-refractivity contribution is -0.121. The van der Waals surface area contributed by atoms with E-state index in [-0.39, 0.29) is 5.91 Å². The third-order valence-corrected chi connectivity index (χ3v) is 3.52. The molecule has 4 heteroatoms. The number of carbonyl (C=O) groups excluding carboxylic acids is 1. The van der Waals surface area contributed by atoms with Crippen LogP contribution in [0.25, 0.3) is 0 Å². The van der Waals surface area contributed by atoms with Crippen LogP contribution >= 0.6 is 0 Å². The minimum atomic E-state index is 0.0744. The Morgan fingerprint density at radius 3 is 2.23 bits per heavy atom. The number of anilines is 1. The van der Waals surface area contributed by atoms with Gasteiger partial charge in [-0.1, -0.05) is 24.3 Å². The summed E-state index contributed by atoms with van der Waals surface area (Å²) >= 11 is 0. The fraction of sp³-hybridized carbons (Fsp3) is 0.278. The summed E-state index contributed by atoms with van der Waals surface area (Å²) in [5.41, 5.74) is 8.68. The standard InChI is InChI=1S/C18H22N2O2/c1-22-17-9-4-15(5-10-17)12-13-20-18(21)11-6-14-2-7-16(19)8-3-14/h2-5,7-10H,6,11-13,19H2,1H3,(H,20,21). The lowest BCUT2D eigenvalue weighted by Crippen LogP contribution is -2.25. The van der Waals surface area contributed by atoms with E-state index in [0.29, 0.717) is 13.0 Å². The summed E-state index contributed by atoms with van der Waals surface area (Å²) in [6.07, 6.45) is 2.04. The quantitative estimate of drug-likeness (QED) is 0.772. The minimum Gasteiger partial charge on any atom is -0.497 e. The number of methoxy groups -OCH3 is 1. The van der Waals surface area contributed by atoms with Crippen molar-refractivity contribution in [3.63, 3.8) is 0 Å². The SMILES string of the molecule is COc1ccc(CCNC(=O)CCc2ccc(N)cc2)cc1. The van der Waals surface area contributed by atoms with Crippen LogP contribution in [-0.4, -0.2) is 19.6 Å². The second-order valence-corrected chi connectivity index (χ2v) is 5.19. The normalized spacial score (nSPS) is 10.2. The summed E-state index contributed by atoms with van der Waals surface area (Å²) in [4.78, 5) is 11.8. The number of rotatable bonds is 7. The molecule has 0 radical (unpaired) electrons. The predicted octanol–water partition coefficient (Wildman–Crippen LogP) is 2.57. The second kappa shape index (κ2) is 8.08. The van der Waals surface area contributed by atoms with Crippen LogP contribution in [0.15, 0.2) is 48.5 Å². The zero-order chi connectivity index (χ0) is 15.8. The van der Waals surface area contributed by atoms with Crippen LogP contribution in [0.3, 0.4) is 0 Å². The predicted molar refractivity (Wildman–Crippen MR) is 88.9 cm³/mol. The summed E-state index contributed by atoms with van der Waals surface area (Å²) < 4.78 is 5.12. The van der Waals surface area contributed by atoms with Crippen molar-refractivity contribution in [3.05, 3.63) is 59.7 Å². The van der Waals surface area contributed by atoms with Crippen molar-refractivity contribution in [1.29, 1.82) is 0 Å². The van der Waals surface area contributed by atoms with Gasteiger partial charge in [-0.2, -0.15) is 0 Å². The molecule has 2 aromatic rings. The van der Waals surface area contributed by atoms with Gasteiger partial charge in [-0.15, -0.1) is 0 Å². The molecule has 0 atom stereocenters. The lowest BCUT2D eigenvalue weighted by atomic mass is 10.1. The maximum absolute atomic E-state index is 11.8. The van der Waals surface area contributed by atoms with E-state index in [4.69, 9.17) is 10.5 Å². The monoisotopic (exact) mass is 298 g/mol. The Morgan fingerprint density at radius 1 is 1.00 bits per heavy atom. The Kier molecular flexibility index (Phi) is 5.83. The second-order valence-electron chi connectivity index (χ2n) is 5.19. The molecule has 1 amide bonds. The summed E-state index contributed by atoms with van der Waals surface area (Å²) in [5, 5.41) is 2.95. The van der Waals surface area contributed by atoms with E-state index in [1.807, 2.05) is 48.5 Å². The molecule has 0 spiro atoms. The summed E-state index contributed by atoms with van der Waals surface area (Å²) in [6, 6.07) is 15.5. The molecule has 22 heavy (non-hydrogen) atoms. The van der Waals surface area contributed by atoms with Gasteiger partial charge in [0.05, 0.1) is 7.11 Å².